The summed E-state index contributed by atoms with van der Waals surface area (Å²) in [6.07, 6.45) is 0. The number of morpholine rings is 1. The van der Waals surface area contributed by atoms with E-state index in [2.05, 4.69) is 58.9 Å². The molecule has 2 aromatic rings. The third-order valence-electron chi connectivity index (χ3n) is 5.06. The number of hydrogen-bond donors (Lipinski definition) is 2. The molecule has 1 saturated heterocycles. The van der Waals surface area contributed by atoms with Gasteiger partial charge < -0.3 is 20.1 Å². The number of halogens is 1. The van der Waals surface area contributed by atoms with Crippen LogP contribution in [0.3, 0.4) is 0 Å². The number of rotatable bonds is 10. The quantitative estimate of drug-likeness (QED) is 0.276. The Bertz CT molecular complexity index is 767. The molecule has 170 valence electrons. The fourth-order valence-corrected chi connectivity index (χ4v) is 3.37. The highest BCUT2D eigenvalue weighted by molar-refractivity contribution is 14.0. The smallest absolute Gasteiger partial charge is 0.191 e. The molecular weight excluding hydrogens is 503 g/mol. The molecule has 1 aliphatic rings. The van der Waals surface area contributed by atoms with Crippen LogP contribution in [0.2, 0.25) is 0 Å². The maximum atomic E-state index is 5.94. The van der Waals surface area contributed by atoms with E-state index < -0.39 is 0 Å². The van der Waals surface area contributed by atoms with Gasteiger partial charge in [0.05, 0.1) is 33.0 Å². The Labute approximate surface area is 203 Å². The van der Waals surface area contributed by atoms with Crippen LogP contribution in [-0.4, -0.2) is 56.8 Å². The van der Waals surface area contributed by atoms with Crippen molar-refractivity contribution in [2.75, 3.05) is 45.9 Å². The predicted molar refractivity (Wildman–Crippen MR) is 137 cm³/mol. The lowest BCUT2D eigenvalue weighted by Gasteiger charge is -2.26. The van der Waals surface area contributed by atoms with Crippen LogP contribution in [0, 0.1) is 0 Å². The maximum absolute atomic E-state index is 5.94. The Morgan fingerprint density at radius 2 is 1.68 bits per heavy atom. The molecule has 1 fully saturated rings. The summed E-state index contributed by atoms with van der Waals surface area (Å²) >= 11 is 0. The van der Waals surface area contributed by atoms with E-state index in [0.717, 1.165) is 51.9 Å². The van der Waals surface area contributed by atoms with Gasteiger partial charge in [0.15, 0.2) is 5.96 Å². The topological polar surface area (TPSA) is 58.1 Å². The molecule has 0 spiro atoms. The van der Waals surface area contributed by atoms with Gasteiger partial charge in [0, 0.05) is 32.7 Å². The van der Waals surface area contributed by atoms with E-state index in [1.807, 2.05) is 18.2 Å². The van der Waals surface area contributed by atoms with Gasteiger partial charge in [-0.15, -0.1) is 24.0 Å². The van der Waals surface area contributed by atoms with Crippen molar-refractivity contribution in [3.8, 4) is 0 Å². The summed E-state index contributed by atoms with van der Waals surface area (Å²) in [5, 5.41) is 6.79. The SMILES string of the molecule is CCNC(=NCc1ccccc1COCc1ccccc1)NCCN1CCOCC1.I. The number of guanidine groups is 1. The Hall–Kier alpha value is -1.68. The monoisotopic (exact) mass is 538 g/mol. The minimum atomic E-state index is 0. The number of ether oxygens (including phenoxy) is 2. The van der Waals surface area contributed by atoms with Crippen LogP contribution in [0.5, 0.6) is 0 Å². The van der Waals surface area contributed by atoms with Gasteiger partial charge in [-0.3, -0.25) is 4.90 Å². The van der Waals surface area contributed by atoms with E-state index in [1.165, 1.54) is 16.7 Å². The van der Waals surface area contributed by atoms with E-state index in [0.29, 0.717) is 19.8 Å². The molecule has 3 rings (SSSR count). The molecule has 0 atom stereocenters. The molecule has 6 nitrogen and oxygen atoms in total. The standard InChI is InChI=1S/C24H34N4O2.HI/c1-2-25-24(26-12-13-28-14-16-29-17-15-28)27-18-22-10-6-7-11-23(22)20-30-19-21-8-4-3-5-9-21;/h3-11H,2,12-20H2,1H3,(H2,25,26,27);1H. The first-order chi connectivity index (χ1) is 14.8. The number of nitrogens with one attached hydrogen (secondary N) is 2. The van der Waals surface area contributed by atoms with E-state index in [9.17, 15) is 0 Å². The summed E-state index contributed by atoms with van der Waals surface area (Å²) < 4.78 is 11.3. The highest BCUT2D eigenvalue weighted by Gasteiger charge is 2.10. The van der Waals surface area contributed by atoms with Gasteiger partial charge in [-0.1, -0.05) is 54.6 Å². The average Bonchev–Trinajstić information content (AvgIpc) is 2.80. The fraction of sp³-hybridized carbons (Fsp3) is 0.458. The normalized spacial score (nSPS) is 14.7. The molecule has 2 aromatic carbocycles. The zero-order valence-electron chi connectivity index (χ0n) is 18.4. The molecule has 0 radical (unpaired) electrons. The molecule has 1 aliphatic heterocycles. The van der Waals surface area contributed by atoms with Crippen molar-refractivity contribution < 1.29 is 9.47 Å². The lowest BCUT2D eigenvalue weighted by Crippen LogP contribution is -2.44. The lowest BCUT2D eigenvalue weighted by atomic mass is 10.1. The van der Waals surface area contributed by atoms with Gasteiger partial charge >= 0.3 is 0 Å². The minimum absolute atomic E-state index is 0. The maximum Gasteiger partial charge on any atom is 0.191 e. The first-order valence-electron chi connectivity index (χ1n) is 10.9. The summed E-state index contributed by atoms with van der Waals surface area (Å²) in [6.45, 7) is 10.3. The van der Waals surface area contributed by atoms with Crippen molar-refractivity contribution in [3.05, 3.63) is 71.3 Å². The van der Waals surface area contributed by atoms with E-state index in [-0.39, 0.29) is 24.0 Å². The zero-order valence-corrected chi connectivity index (χ0v) is 20.7. The first-order valence-corrected chi connectivity index (χ1v) is 10.9. The predicted octanol–water partition coefficient (Wildman–Crippen LogP) is 3.41. The van der Waals surface area contributed by atoms with Crippen molar-refractivity contribution in [2.45, 2.75) is 26.7 Å². The molecule has 0 bridgehead atoms. The van der Waals surface area contributed by atoms with Crippen LogP contribution in [0.15, 0.2) is 59.6 Å². The van der Waals surface area contributed by atoms with Crippen LogP contribution in [0.25, 0.3) is 0 Å². The van der Waals surface area contributed by atoms with Gasteiger partial charge in [0.2, 0.25) is 0 Å². The van der Waals surface area contributed by atoms with Crippen molar-refractivity contribution in [2.24, 2.45) is 4.99 Å². The average molecular weight is 538 g/mol. The van der Waals surface area contributed by atoms with Crippen LogP contribution in [0.4, 0.5) is 0 Å². The van der Waals surface area contributed by atoms with Crippen molar-refractivity contribution in [3.63, 3.8) is 0 Å². The first kappa shape index (κ1) is 25.6. The third kappa shape index (κ3) is 9.55. The van der Waals surface area contributed by atoms with E-state index in [4.69, 9.17) is 14.5 Å². The van der Waals surface area contributed by atoms with Gasteiger partial charge in [0.25, 0.3) is 0 Å². The van der Waals surface area contributed by atoms with Crippen LogP contribution < -0.4 is 10.6 Å². The molecule has 0 saturated carbocycles. The Morgan fingerprint density at radius 1 is 0.968 bits per heavy atom. The summed E-state index contributed by atoms with van der Waals surface area (Å²) in [5.74, 6) is 0.853. The molecular formula is C24H35IN4O2. The van der Waals surface area contributed by atoms with Gasteiger partial charge in [0.1, 0.15) is 0 Å². The van der Waals surface area contributed by atoms with Crippen LogP contribution >= 0.6 is 24.0 Å². The van der Waals surface area contributed by atoms with E-state index >= 15 is 0 Å². The minimum Gasteiger partial charge on any atom is -0.379 e. The molecule has 7 heteroatoms. The molecule has 0 aliphatic carbocycles. The highest BCUT2D eigenvalue weighted by Crippen LogP contribution is 2.13. The van der Waals surface area contributed by atoms with Gasteiger partial charge in [-0.25, -0.2) is 4.99 Å². The van der Waals surface area contributed by atoms with Crippen molar-refractivity contribution in [1.82, 2.24) is 15.5 Å². The van der Waals surface area contributed by atoms with E-state index in [1.54, 1.807) is 0 Å². The van der Waals surface area contributed by atoms with Gasteiger partial charge in [-0.05, 0) is 23.6 Å². The summed E-state index contributed by atoms with van der Waals surface area (Å²) in [4.78, 5) is 7.21. The molecule has 0 aromatic heterocycles. The summed E-state index contributed by atoms with van der Waals surface area (Å²) in [6, 6.07) is 18.6. The summed E-state index contributed by atoms with van der Waals surface area (Å²) in [5.41, 5.74) is 3.56. The highest BCUT2D eigenvalue weighted by atomic mass is 127. The van der Waals surface area contributed by atoms with Crippen molar-refractivity contribution in [1.29, 1.82) is 0 Å². The van der Waals surface area contributed by atoms with Crippen LogP contribution in [-0.2, 0) is 29.2 Å². The molecule has 2 N–H and O–H groups in total. The molecule has 0 unspecified atom stereocenters. The zero-order chi connectivity index (χ0) is 20.9. The Morgan fingerprint density at radius 3 is 2.42 bits per heavy atom. The number of nitrogens with zero attached hydrogens (tertiary/aromatic N) is 2. The summed E-state index contributed by atoms with van der Waals surface area (Å²) in [7, 11) is 0. The number of hydrogen-bond acceptors (Lipinski definition) is 4. The second-order valence-electron chi connectivity index (χ2n) is 7.32. The second-order valence-corrected chi connectivity index (χ2v) is 7.32. The molecule has 0 amide bonds. The van der Waals surface area contributed by atoms with Crippen molar-refractivity contribution >= 4 is 29.9 Å². The Kier molecular flexibility index (Phi) is 12.5. The largest absolute Gasteiger partial charge is 0.379 e. The fourth-order valence-electron chi connectivity index (χ4n) is 3.37. The third-order valence-corrected chi connectivity index (χ3v) is 5.06. The molecule has 1 heterocycles. The van der Waals surface area contributed by atoms with Gasteiger partial charge in [-0.2, -0.15) is 0 Å². The molecule has 31 heavy (non-hydrogen) atoms. The van der Waals surface area contributed by atoms with Crippen LogP contribution in [0.1, 0.15) is 23.6 Å². The Balaban J connectivity index is 0.00000341. The number of aliphatic imine (C=N–C) groups is 1. The second kappa shape index (κ2) is 15.2. The number of benzene rings is 2. The lowest BCUT2D eigenvalue weighted by molar-refractivity contribution is 0.0389.